The first-order chi connectivity index (χ1) is 11.6. The second kappa shape index (κ2) is 7.25. The van der Waals surface area contributed by atoms with Gasteiger partial charge < -0.3 is 15.3 Å². The molecule has 1 aromatic carbocycles. The fourth-order valence-electron chi connectivity index (χ4n) is 2.49. The van der Waals surface area contributed by atoms with Crippen LogP contribution in [0.25, 0.3) is 0 Å². The van der Waals surface area contributed by atoms with Crippen LogP contribution >= 0.6 is 0 Å². The van der Waals surface area contributed by atoms with Crippen molar-refractivity contribution in [3.63, 3.8) is 0 Å². The van der Waals surface area contributed by atoms with Gasteiger partial charge in [-0.3, -0.25) is 9.59 Å². The van der Waals surface area contributed by atoms with E-state index in [0.717, 1.165) is 18.4 Å². The Labute approximate surface area is 148 Å². The van der Waals surface area contributed by atoms with Crippen LogP contribution in [0, 0.1) is 5.41 Å². The van der Waals surface area contributed by atoms with Crippen LogP contribution in [0.5, 0.6) is 0 Å². The van der Waals surface area contributed by atoms with Crippen LogP contribution in [-0.2, 0) is 16.1 Å². The maximum absolute atomic E-state index is 12.7. The molecule has 1 aromatic rings. The van der Waals surface area contributed by atoms with Crippen LogP contribution in [0.15, 0.2) is 24.3 Å². The molecule has 136 valence electrons. The fraction of sp³-hybridized carbons (Fsp3) is 0.526. The molecule has 25 heavy (non-hydrogen) atoms. The number of hydrogen-bond donors (Lipinski definition) is 2. The average Bonchev–Trinajstić information content (AvgIpc) is 3.36. The zero-order valence-electron chi connectivity index (χ0n) is 15.2. The van der Waals surface area contributed by atoms with Crippen LogP contribution < -0.4 is 5.32 Å². The Balaban J connectivity index is 2.04. The highest BCUT2D eigenvalue weighted by Gasteiger charge is 2.38. The summed E-state index contributed by atoms with van der Waals surface area (Å²) < 4.78 is 0. The van der Waals surface area contributed by atoms with Crippen molar-refractivity contribution in [3.8, 4) is 0 Å². The Hall–Kier alpha value is -2.37. The predicted octanol–water partition coefficient (Wildman–Crippen LogP) is 2.43. The topological polar surface area (TPSA) is 86.7 Å². The second-order valence-corrected chi connectivity index (χ2v) is 7.59. The molecule has 1 saturated carbocycles. The summed E-state index contributed by atoms with van der Waals surface area (Å²) in [6, 6.07) is 6.12. The number of nitrogens with zero attached hydrogens (tertiary/aromatic N) is 1. The molecule has 0 spiro atoms. The molecule has 1 fully saturated rings. The van der Waals surface area contributed by atoms with Crippen LogP contribution in [0.4, 0.5) is 0 Å². The van der Waals surface area contributed by atoms with Crippen LogP contribution in [-0.4, -0.2) is 39.9 Å². The highest BCUT2D eigenvalue weighted by Crippen LogP contribution is 2.30. The lowest BCUT2D eigenvalue weighted by Gasteiger charge is -2.26. The zero-order chi connectivity index (χ0) is 18.8. The molecule has 0 aromatic heterocycles. The Morgan fingerprint density at radius 3 is 2.20 bits per heavy atom. The van der Waals surface area contributed by atoms with E-state index in [2.05, 4.69) is 5.32 Å². The number of amides is 2. The van der Waals surface area contributed by atoms with Gasteiger partial charge in [0.15, 0.2) is 0 Å². The van der Waals surface area contributed by atoms with Gasteiger partial charge in [-0.1, -0.05) is 32.9 Å². The van der Waals surface area contributed by atoms with E-state index in [1.807, 2.05) is 20.8 Å². The third kappa shape index (κ3) is 4.81. The van der Waals surface area contributed by atoms with Gasteiger partial charge in [-0.2, -0.15) is 0 Å². The van der Waals surface area contributed by atoms with E-state index in [0.29, 0.717) is 12.1 Å². The number of hydrogen-bond acceptors (Lipinski definition) is 3. The summed E-state index contributed by atoms with van der Waals surface area (Å²) in [5.74, 6) is -1.30. The Bertz CT molecular complexity index is 657. The van der Waals surface area contributed by atoms with Crippen molar-refractivity contribution >= 4 is 17.8 Å². The average molecular weight is 346 g/mol. The monoisotopic (exact) mass is 346 g/mol. The third-order valence-corrected chi connectivity index (χ3v) is 4.28. The molecule has 0 saturated heterocycles. The SMILES string of the molecule is CC(C(=O)O)N(C(=O)c1ccc(CNC(=O)C(C)(C)C)cc1)C1CC1. The number of rotatable bonds is 6. The first-order valence-electron chi connectivity index (χ1n) is 8.54. The van der Waals surface area contributed by atoms with Crippen molar-refractivity contribution in [2.45, 2.75) is 59.2 Å². The number of carbonyl (C=O) groups excluding carboxylic acids is 2. The molecule has 0 aliphatic heterocycles. The van der Waals surface area contributed by atoms with Gasteiger partial charge in [-0.25, -0.2) is 4.79 Å². The second-order valence-electron chi connectivity index (χ2n) is 7.59. The van der Waals surface area contributed by atoms with Crippen LogP contribution in [0.3, 0.4) is 0 Å². The first-order valence-corrected chi connectivity index (χ1v) is 8.54. The smallest absolute Gasteiger partial charge is 0.326 e. The summed E-state index contributed by atoms with van der Waals surface area (Å²) >= 11 is 0. The van der Waals surface area contributed by atoms with Crippen molar-refractivity contribution in [1.82, 2.24) is 10.2 Å². The summed E-state index contributed by atoms with van der Waals surface area (Å²) in [4.78, 5) is 37.3. The van der Waals surface area contributed by atoms with Crippen molar-refractivity contribution in [3.05, 3.63) is 35.4 Å². The van der Waals surface area contributed by atoms with Gasteiger partial charge in [0.2, 0.25) is 5.91 Å². The van der Waals surface area contributed by atoms with E-state index in [9.17, 15) is 19.5 Å². The highest BCUT2D eigenvalue weighted by atomic mass is 16.4. The van der Waals surface area contributed by atoms with Crippen molar-refractivity contribution in [2.75, 3.05) is 0 Å². The Morgan fingerprint density at radius 2 is 1.76 bits per heavy atom. The van der Waals surface area contributed by atoms with Crippen LogP contribution in [0.2, 0.25) is 0 Å². The van der Waals surface area contributed by atoms with E-state index in [1.54, 1.807) is 24.3 Å². The molecule has 2 amide bonds. The van der Waals surface area contributed by atoms with E-state index in [4.69, 9.17) is 0 Å². The molecule has 6 heteroatoms. The van der Waals surface area contributed by atoms with Gasteiger partial charge in [0, 0.05) is 23.6 Å². The lowest BCUT2D eigenvalue weighted by atomic mass is 9.95. The minimum Gasteiger partial charge on any atom is -0.480 e. The molecule has 6 nitrogen and oxygen atoms in total. The lowest BCUT2D eigenvalue weighted by Crippen LogP contribution is -2.44. The van der Waals surface area contributed by atoms with Gasteiger partial charge in [-0.05, 0) is 37.5 Å². The van der Waals surface area contributed by atoms with Gasteiger partial charge in [0.25, 0.3) is 5.91 Å². The third-order valence-electron chi connectivity index (χ3n) is 4.28. The van der Waals surface area contributed by atoms with Crippen molar-refractivity contribution in [2.24, 2.45) is 5.41 Å². The Kier molecular flexibility index (Phi) is 5.50. The summed E-state index contributed by atoms with van der Waals surface area (Å²) in [5.41, 5.74) is 0.900. The maximum Gasteiger partial charge on any atom is 0.326 e. The molecule has 1 aliphatic rings. The number of nitrogens with one attached hydrogen (secondary N) is 1. The number of aliphatic carboxylic acids is 1. The minimum absolute atomic E-state index is 0.0179. The van der Waals surface area contributed by atoms with E-state index < -0.39 is 17.4 Å². The molecule has 0 bridgehead atoms. The number of carboxylic acids is 1. The number of benzene rings is 1. The highest BCUT2D eigenvalue weighted by molar-refractivity contribution is 5.97. The largest absolute Gasteiger partial charge is 0.480 e. The molecule has 2 N–H and O–H groups in total. The molecule has 0 heterocycles. The van der Waals surface area contributed by atoms with Crippen LogP contribution in [0.1, 0.15) is 56.5 Å². The van der Waals surface area contributed by atoms with E-state index >= 15 is 0 Å². The zero-order valence-corrected chi connectivity index (χ0v) is 15.2. The molecule has 1 aliphatic carbocycles. The molecule has 1 atom stereocenters. The van der Waals surface area contributed by atoms with Gasteiger partial charge in [0.1, 0.15) is 6.04 Å². The first kappa shape index (κ1) is 19.0. The number of carbonyl (C=O) groups is 3. The lowest BCUT2D eigenvalue weighted by molar-refractivity contribution is -0.141. The van der Waals surface area contributed by atoms with Crippen molar-refractivity contribution in [1.29, 1.82) is 0 Å². The van der Waals surface area contributed by atoms with E-state index in [-0.39, 0.29) is 17.9 Å². The maximum atomic E-state index is 12.7. The van der Waals surface area contributed by atoms with Gasteiger partial charge in [-0.15, -0.1) is 0 Å². The summed E-state index contributed by atoms with van der Waals surface area (Å²) in [6.45, 7) is 7.47. The van der Waals surface area contributed by atoms with Gasteiger partial charge >= 0.3 is 5.97 Å². The normalized spacial score (nSPS) is 15.4. The molecule has 0 radical (unpaired) electrons. The minimum atomic E-state index is -0.998. The standard InChI is InChI=1S/C19H26N2O4/c1-12(17(23)24)21(15-9-10-15)16(22)14-7-5-13(6-8-14)11-20-18(25)19(2,3)4/h5-8,12,15H,9-11H2,1-4H3,(H,20,25)(H,23,24). The summed E-state index contributed by atoms with van der Waals surface area (Å²) in [7, 11) is 0. The quantitative estimate of drug-likeness (QED) is 0.828. The van der Waals surface area contributed by atoms with E-state index in [1.165, 1.54) is 11.8 Å². The van der Waals surface area contributed by atoms with Crippen molar-refractivity contribution < 1.29 is 19.5 Å². The number of carboxylic acid groups (broad SMARTS) is 1. The fourth-order valence-corrected chi connectivity index (χ4v) is 2.49. The summed E-state index contributed by atoms with van der Waals surface area (Å²) in [6.07, 6.45) is 1.69. The van der Waals surface area contributed by atoms with Gasteiger partial charge in [0.05, 0.1) is 0 Å². The molecule has 2 rings (SSSR count). The predicted molar refractivity (Wildman–Crippen MR) is 94.0 cm³/mol. The Morgan fingerprint density at radius 1 is 1.20 bits per heavy atom. The molecule has 1 unspecified atom stereocenters. The molecular formula is C19H26N2O4. The summed E-state index contributed by atoms with van der Waals surface area (Å²) in [5, 5.41) is 12.1. The molecular weight excluding hydrogens is 320 g/mol.